The summed E-state index contributed by atoms with van der Waals surface area (Å²) in [4.78, 5) is -0.129. The van der Waals surface area contributed by atoms with E-state index in [0.29, 0.717) is 5.02 Å². The van der Waals surface area contributed by atoms with Gasteiger partial charge < -0.3 is 0 Å². The summed E-state index contributed by atoms with van der Waals surface area (Å²) in [6.45, 7) is -0.0173. The van der Waals surface area contributed by atoms with Gasteiger partial charge in [0.25, 0.3) is 10.0 Å². The summed E-state index contributed by atoms with van der Waals surface area (Å²) >= 11 is 5.70. The number of rotatable bonds is 5. The Morgan fingerprint density at radius 3 is 2.25 bits per heavy atom. The van der Waals surface area contributed by atoms with Gasteiger partial charge in [0.15, 0.2) is 0 Å². The predicted molar refractivity (Wildman–Crippen MR) is 84.7 cm³/mol. The maximum absolute atomic E-state index is 12.9. The SMILES string of the molecule is NNCc1ccc(C(F)(F)F)cc1NS(=O)(=O)c1ccc(Cl)cc1. The van der Waals surface area contributed by atoms with E-state index in [1.807, 2.05) is 0 Å². The topological polar surface area (TPSA) is 84.2 Å². The molecule has 0 unspecified atom stereocenters. The molecule has 10 heteroatoms. The van der Waals surface area contributed by atoms with Crippen LogP contribution in [0.1, 0.15) is 11.1 Å². The van der Waals surface area contributed by atoms with Crippen molar-refractivity contribution in [3.05, 3.63) is 58.6 Å². The van der Waals surface area contributed by atoms with Gasteiger partial charge in [0.1, 0.15) is 0 Å². The van der Waals surface area contributed by atoms with Crippen LogP contribution in [0.5, 0.6) is 0 Å². The number of benzene rings is 2. The minimum atomic E-state index is -4.60. The van der Waals surface area contributed by atoms with Gasteiger partial charge in [0, 0.05) is 11.6 Å². The Bertz CT molecular complexity index is 824. The monoisotopic (exact) mass is 379 g/mol. The lowest BCUT2D eigenvalue weighted by atomic mass is 10.1. The summed E-state index contributed by atoms with van der Waals surface area (Å²) in [5.41, 5.74) is 1.36. The molecule has 2 aromatic carbocycles. The zero-order valence-electron chi connectivity index (χ0n) is 12.1. The highest BCUT2D eigenvalue weighted by atomic mass is 35.5. The van der Waals surface area contributed by atoms with E-state index in [1.54, 1.807) is 0 Å². The van der Waals surface area contributed by atoms with Crippen LogP contribution >= 0.6 is 11.6 Å². The Kier molecular flexibility index (Phi) is 5.38. The summed E-state index contributed by atoms with van der Waals surface area (Å²) in [6.07, 6.45) is -4.60. The van der Waals surface area contributed by atoms with Crippen LogP contribution in [0.4, 0.5) is 18.9 Å². The highest BCUT2D eigenvalue weighted by Crippen LogP contribution is 2.33. The molecule has 4 N–H and O–H groups in total. The van der Waals surface area contributed by atoms with Crippen molar-refractivity contribution in [3.8, 4) is 0 Å². The smallest absolute Gasteiger partial charge is 0.279 e. The number of nitrogens with one attached hydrogen (secondary N) is 2. The highest BCUT2D eigenvalue weighted by molar-refractivity contribution is 7.92. The normalized spacial score (nSPS) is 12.2. The summed E-state index contributed by atoms with van der Waals surface area (Å²) < 4.78 is 65.4. The van der Waals surface area contributed by atoms with Gasteiger partial charge in [0.05, 0.1) is 16.1 Å². The van der Waals surface area contributed by atoms with E-state index in [0.717, 1.165) is 18.2 Å². The number of halogens is 4. The minimum Gasteiger partial charge on any atom is -0.279 e. The molecule has 0 aliphatic carbocycles. The lowest BCUT2D eigenvalue weighted by Crippen LogP contribution is -2.23. The van der Waals surface area contributed by atoms with Crippen LogP contribution < -0.4 is 16.0 Å². The second-order valence-corrected chi connectivity index (χ2v) is 6.93. The van der Waals surface area contributed by atoms with E-state index in [1.165, 1.54) is 24.3 Å². The zero-order valence-corrected chi connectivity index (χ0v) is 13.6. The first-order valence-corrected chi connectivity index (χ1v) is 8.41. The highest BCUT2D eigenvalue weighted by Gasteiger charge is 2.31. The van der Waals surface area contributed by atoms with Crippen molar-refractivity contribution in [3.63, 3.8) is 0 Å². The van der Waals surface area contributed by atoms with Crippen LogP contribution in [0, 0.1) is 0 Å². The van der Waals surface area contributed by atoms with Gasteiger partial charge in [0.2, 0.25) is 0 Å². The third-order valence-corrected chi connectivity index (χ3v) is 4.73. The fraction of sp³-hybridized carbons (Fsp3) is 0.143. The molecular formula is C14H13ClF3N3O2S. The molecule has 5 nitrogen and oxygen atoms in total. The molecule has 0 heterocycles. The zero-order chi connectivity index (χ0) is 18.0. The van der Waals surface area contributed by atoms with Crippen LogP contribution in [0.3, 0.4) is 0 Å². The Morgan fingerprint density at radius 1 is 1.08 bits per heavy atom. The Morgan fingerprint density at radius 2 is 1.71 bits per heavy atom. The van der Waals surface area contributed by atoms with Gasteiger partial charge in [-0.2, -0.15) is 13.2 Å². The first-order chi connectivity index (χ1) is 11.1. The van der Waals surface area contributed by atoms with Crippen molar-refractivity contribution in [2.45, 2.75) is 17.6 Å². The van der Waals surface area contributed by atoms with Gasteiger partial charge in [-0.15, -0.1) is 0 Å². The maximum Gasteiger partial charge on any atom is 0.416 e. The van der Waals surface area contributed by atoms with Gasteiger partial charge >= 0.3 is 6.18 Å². The molecule has 0 radical (unpaired) electrons. The molecule has 0 aliphatic rings. The van der Waals surface area contributed by atoms with Crippen LogP contribution in [-0.2, 0) is 22.7 Å². The molecule has 0 fully saturated rings. The first kappa shape index (κ1) is 18.5. The second kappa shape index (κ2) is 6.98. The fourth-order valence-corrected chi connectivity index (χ4v) is 3.15. The van der Waals surface area contributed by atoms with Gasteiger partial charge in [-0.3, -0.25) is 16.0 Å². The van der Waals surface area contributed by atoms with Crippen LogP contribution in [-0.4, -0.2) is 8.42 Å². The van der Waals surface area contributed by atoms with Crippen molar-refractivity contribution in [2.75, 3.05) is 4.72 Å². The number of alkyl halides is 3. The molecule has 0 amide bonds. The average Bonchev–Trinajstić information content (AvgIpc) is 2.48. The molecule has 0 aliphatic heterocycles. The predicted octanol–water partition coefficient (Wildman–Crippen LogP) is 3.12. The largest absolute Gasteiger partial charge is 0.416 e. The summed E-state index contributed by atoms with van der Waals surface area (Å²) in [5, 5.41) is 0.334. The average molecular weight is 380 g/mol. The Balaban J connectivity index is 2.44. The van der Waals surface area contributed by atoms with E-state index in [-0.39, 0.29) is 22.7 Å². The number of hydrogen-bond acceptors (Lipinski definition) is 4. The van der Waals surface area contributed by atoms with Gasteiger partial charge in [-0.25, -0.2) is 8.42 Å². The van der Waals surface area contributed by atoms with Crippen LogP contribution in [0.2, 0.25) is 5.02 Å². The van der Waals surface area contributed by atoms with E-state index in [9.17, 15) is 21.6 Å². The lowest BCUT2D eigenvalue weighted by Gasteiger charge is -2.15. The number of hydrazine groups is 1. The first-order valence-electron chi connectivity index (χ1n) is 6.55. The molecule has 130 valence electrons. The van der Waals surface area contributed by atoms with Crippen molar-refractivity contribution in [1.29, 1.82) is 0 Å². The summed E-state index contributed by atoms with van der Waals surface area (Å²) in [7, 11) is -4.08. The number of sulfonamides is 1. The number of nitrogens with two attached hydrogens (primary N) is 1. The van der Waals surface area contributed by atoms with Crippen molar-refractivity contribution < 1.29 is 21.6 Å². The van der Waals surface area contributed by atoms with E-state index < -0.39 is 21.8 Å². The molecule has 2 rings (SSSR count). The van der Waals surface area contributed by atoms with Gasteiger partial charge in [-0.05, 0) is 42.0 Å². The maximum atomic E-state index is 12.9. The second-order valence-electron chi connectivity index (χ2n) is 4.81. The standard InChI is InChI=1S/C14H13ClF3N3O2S/c15-11-3-5-12(6-4-11)24(22,23)21-13-7-10(14(16,17)18)2-1-9(13)8-20-19/h1-7,20-21H,8,19H2. The van der Waals surface area contributed by atoms with Crippen molar-refractivity contribution in [1.82, 2.24) is 5.43 Å². The van der Waals surface area contributed by atoms with Crippen LogP contribution in [0.15, 0.2) is 47.4 Å². The molecule has 24 heavy (non-hydrogen) atoms. The molecular weight excluding hydrogens is 367 g/mol. The van der Waals surface area contributed by atoms with Gasteiger partial charge in [-0.1, -0.05) is 17.7 Å². The van der Waals surface area contributed by atoms with E-state index in [2.05, 4.69) is 10.1 Å². The fourth-order valence-electron chi connectivity index (χ4n) is 1.93. The molecule has 2 aromatic rings. The van der Waals surface area contributed by atoms with E-state index in [4.69, 9.17) is 17.4 Å². The van der Waals surface area contributed by atoms with Crippen molar-refractivity contribution in [2.24, 2.45) is 5.84 Å². The third-order valence-electron chi connectivity index (χ3n) is 3.10. The van der Waals surface area contributed by atoms with Crippen molar-refractivity contribution >= 4 is 27.3 Å². The number of anilines is 1. The lowest BCUT2D eigenvalue weighted by molar-refractivity contribution is -0.137. The number of hydrogen-bond donors (Lipinski definition) is 3. The molecule has 0 atom stereocenters. The summed E-state index contributed by atoms with van der Waals surface area (Å²) in [5.74, 6) is 5.18. The molecule has 0 saturated carbocycles. The summed E-state index contributed by atoms with van der Waals surface area (Å²) in [6, 6.07) is 7.96. The molecule has 0 aromatic heterocycles. The molecule has 0 saturated heterocycles. The molecule has 0 spiro atoms. The third kappa shape index (κ3) is 4.38. The van der Waals surface area contributed by atoms with Crippen LogP contribution in [0.25, 0.3) is 0 Å². The van der Waals surface area contributed by atoms with E-state index >= 15 is 0 Å². The molecule has 0 bridgehead atoms. The quantitative estimate of drug-likeness (QED) is 0.550. The minimum absolute atomic E-state index is 0.0173. The Labute approximate surface area is 141 Å². The Hall–Kier alpha value is -1.81.